The number of pyridine rings is 1. The van der Waals surface area contributed by atoms with Gasteiger partial charge >= 0.3 is 0 Å². The molecule has 1 heterocycles. The van der Waals surface area contributed by atoms with E-state index in [9.17, 15) is 21.4 Å². The second-order valence-electron chi connectivity index (χ2n) is 5.50. The zero-order valence-electron chi connectivity index (χ0n) is 13.0. The Labute approximate surface area is 145 Å². The Balaban J connectivity index is 2.13. The Bertz CT molecular complexity index is 1150. The van der Waals surface area contributed by atoms with Gasteiger partial charge in [0, 0.05) is 28.9 Å². The minimum atomic E-state index is -4.41. The van der Waals surface area contributed by atoms with E-state index in [4.69, 9.17) is 0 Å². The van der Waals surface area contributed by atoms with Crippen LogP contribution >= 0.6 is 0 Å². The Morgan fingerprint density at radius 1 is 0.960 bits per heavy atom. The van der Waals surface area contributed by atoms with Gasteiger partial charge in [0.1, 0.15) is 4.90 Å². The standard InChI is InChI=1S/C16H14N2O5S2/c1-24(19,20)18-14-4-2-11(3-5-14)12-8-13-10-17-7-6-15(13)16(9-12)25(21,22)23/h2-10,18H,1H3,(H,21,22,23). The lowest BCUT2D eigenvalue weighted by Crippen LogP contribution is -2.09. The first-order chi connectivity index (χ1) is 11.6. The zero-order valence-corrected chi connectivity index (χ0v) is 14.7. The number of anilines is 1. The van der Waals surface area contributed by atoms with E-state index in [0.29, 0.717) is 27.6 Å². The molecule has 2 N–H and O–H groups in total. The average Bonchev–Trinajstić information content (AvgIpc) is 2.52. The van der Waals surface area contributed by atoms with Crippen LogP contribution in [0.4, 0.5) is 5.69 Å². The van der Waals surface area contributed by atoms with Crippen molar-refractivity contribution in [3.8, 4) is 11.1 Å². The topological polar surface area (TPSA) is 113 Å². The molecule has 0 aliphatic heterocycles. The van der Waals surface area contributed by atoms with E-state index in [1.54, 1.807) is 30.3 Å². The third kappa shape index (κ3) is 3.95. The van der Waals surface area contributed by atoms with Crippen LogP contribution in [0.25, 0.3) is 21.9 Å². The summed E-state index contributed by atoms with van der Waals surface area (Å²) in [7, 11) is -7.79. The number of aromatic nitrogens is 1. The summed E-state index contributed by atoms with van der Waals surface area (Å²) in [4.78, 5) is 3.76. The van der Waals surface area contributed by atoms with E-state index in [0.717, 1.165) is 6.26 Å². The number of sulfonamides is 1. The van der Waals surface area contributed by atoms with E-state index in [2.05, 4.69) is 9.71 Å². The van der Waals surface area contributed by atoms with Crippen molar-refractivity contribution in [3.05, 3.63) is 54.9 Å². The molecule has 3 rings (SSSR count). The summed E-state index contributed by atoms with van der Waals surface area (Å²) < 4.78 is 57.7. The minimum absolute atomic E-state index is 0.208. The zero-order chi connectivity index (χ0) is 18.2. The van der Waals surface area contributed by atoms with E-state index >= 15 is 0 Å². The van der Waals surface area contributed by atoms with Gasteiger partial charge in [0.15, 0.2) is 0 Å². The summed E-state index contributed by atoms with van der Waals surface area (Å²) in [6, 6.07) is 11.1. The van der Waals surface area contributed by atoms with Crippen molar-refractivity contribution in [2.75, 3.05) is 11.0 Å². The van der Waals surface area contributed by atoms with Crippen molar-refractivity contribution < 1.29 is 21.4 Å². The molecular weight excluding hydrogens is 364 g/mol. The van der Waals surface area contributed by atoms with Crippen LogP contribution in [0.2, 0.25) is 0 Å². The monoisotopic (exact) mass is 378 g/mol. The van der Waals surface area contributed by atoms with E-state index < -0.39 is 20.1 Å². The van der Waals surface area contributed by atoms with Crippen LogP contribution in [0.3, 0.4) is 0 Å². The number of hydrogen-bond donors (Lipinski definition) is 2. The van der Waals surface area contributed by atoms with Crippen LogP contribution in [0.15, 0.2) is 59.8 Å². The quantitative estimate of drug-likeness (QED) is 0.675. The van der Waals surface area contributed by atoms with Gasteiger partial charge < -0.3 is 0 Å². The SMILES string of the molecule is CS(=O)(=O)Nc1ccc(-c2cc(S(=O)(=O)O)c3ccncc3c2)cc1. The molecule has 0 fully saturated rings. The van der Waals surface area contributed by atoms with Gasteiger partial charge in [0.2, 0.25) is 10.0 Å². The predicted molar refractivity (Wildman–Crippen MR) is 95.5 cm³/mol. The Morgan fingerprint density at radius 3 is 2.24 bits per heavy atom. The van der Waals surface area contributed by atoms with E-state index in [1.807, 2.05) is 0 Å². The molecule has 7 nitrogen and oxygen atoms in total. The Hall–Kier alpha value is -2.49. The number of rotatable bonds is 4. The number of nitrogens with zero attached hydrogens (tertiary/aromatic N) is 1. The fourth-order valence-electron chi connectivity index (χ4n) is 2.50. The van der Waals surface area contributed by atoms with Gasteiger partial charge in [-0.25, -0.2) is 8.42 Å². The molecule has 3 aromatic rings. The van der Waals surface area contributed by atoms with Crippen molar-refractivity contribution >= 4 is 36.6 Å². The molecule has 0 spiro atoms. The van der Waals surface area contributed by atoms with Crippen molar-refractivity contribution in [1.82, 2.24) is 4.98 Å². The van der Waals surface area contributed by atoms with Crippen LogP contribution in [-0.4, -0.2) is 32.6 Å². The maximum atomic E-state index is 11.7. The van der Waals surface area contributed by atoms with Gasteiger partial charge in [-0.2, -0.15) is 8.42 Å². The van der Waals surface area contributed by atoms with Crippen LogP contribution in [0.5, 0.6) is 0 Å². The summed E-state index contributed by atoms with van der Waals surface area (Å²) in [6.07, 6.45) is 4.01. The first-order valence-corrected chi connectivity index (χ1v) is 10.4. The number of hydrogen-bond acceptors (Lipinski definition) is 5. The van der Waals surface area contributed by atoms with Crippen LogP contribution in [0, 0.1) is 0 Å². The first kappa shape index (κ1) is 17.3. The molecule has 0 aliphatic rings. The second-order valence-corrected chi connectivity index (χ2v) is 8.64. The van der Waals surface area contributed by atoms with Crippen molar-refractivity contribution in [3.63, 3.8) is 0 Å². The van der Waals surface area contributed by atoms with Gasteiger partial charge in [-0.1, -0.05) is 12.1 Å². The third-order valence-corrected chi connectivity index (χ3v) is 5.01. The molecule has 9 heteroatoms. The molecule has 0 aliphatic carbocycles. The highest BCUT2D eigenvalue weighted by Crippen LogP contribution is 2.30. The molecule has 0 amide bonds. The lowest BCUT2D eigenvalue weighted by Gasteiger charge is -2.09. The minimum Gasteiger partial charge on any atom is -0.284 e. The first-order valence-electron chi connectivity index (χ1n) is 7.07. The predicted octanol–water partition coefficient (Wildman–Crippen LogP) is 2.52. The van der Waals surface area contributed by atoms with Crippen molar-refractivity contribution in [2.24, 2.45) is 0 Å². The molecule has 2 aromatic carbocycles. The molecule has 25 heavy (non-hydrogen) atoms. The fourth-order valence-corrected chi connectivity index (χ4v) is 3.80. The number of nitrogens with one attached hydrogen (secondary N) is 1. The molecule has 0 saturated heterocycles. The number of fused-ring (bicyclic) bond motifs is 1. The maximum Gasteiger partial charge on any atom is 0.295 e. The largest absolute Gasteiger partial charge is 0.295 e. The van der Waals surface area contributed by atoms with Crippen LogP contribution in [0.1, 0.15) is 0 Å². The van der Waals surface area contributed by atoms with Crippen LogP contribution in [-0.2, 0) is 20.1 Å². The molecule has 0 unspecified atom stereocenters. The van der Waals surface area contributed by atoms with Gasteiger partial charge in [-0.15, -0.1) is 0 Å². The Morgan fingerprint density at radius 2 is 1.64 bits per heavy atom. The highest BCUT2D eigenvalue weighted by molar-refractivity contribution is 7.92. The summed E-state index contributed by atoms with van der Waals surface area (Å²) >= 11 is 0. The number of benzene rings is 2. The molecule has 0 saturated carbocycles. The van der Waals surface area contributed by atoms with Gasteiger partial charge in [0.25, 0.3) is 10.1 Å². The summed E-state index contributed by atoms with van der Waals surface area (Å²) in [5.41, 5.74) is 1.61. The smallest absolute Gasteiger partial charge is 0.284 e. The summed E-state index contributed by atoms with van der Waals surface area (Å²) in [6.45, 7) is 0. The lowest BCUT2D eigenvalue weighted by atomic mass is 10.0. The normalized spacial score (nSPS) is 12.2. The Kier molecular flexibility index (Phi) is 4.23. The molecule has 1 aromatic heterocycles. The van der Waals surface area contributed by atoms with Crippen molar-refractivity contribution in [2.45, 2.75) is 4.90 Å². The molecule has 0 atom stereocenters. The second kappa shape index (κ2) is 6.10. The molecule has 0 radical (unpaired) electrons. The fraction of sp³-hybridized carbons (Fsp3) is 0.0625. The van der Waals surface area contributed by atoms with Gasteiger partial charge in [-0.3, -0.25) is 14.3 Å². The van der Waals surface area contributed by atoms with Gasteiger partial charge in [-0.05, 0) is 41.5 Å². The molecule has 130 valence electrons. The highest BCUT2D eigenvalue weighted by Gasteiger charge is 2.16. The summed E-state index contributed by atoms with van der Waals surface area (Å²) in [5, 5.41) is 0.933. The lowest BCUT2D eigenvalue weighted by molar-refractivity contribution is 0.484. The highest BCUT2D eigenvalue weighted by atomic mass is 32.2. The average molecular weight is 378 g/mol. The molecule has 0 bridgehead atoms. The molecular formula is C16H14N2O5S2. The van der Waals surface area contributed by atoms with E-state index in [-0.39, 0.29) is 4.90 Å². The van der Waals surface area contributed by atoms with E-state index in [1.165, 1.54) is 24.5 Å². The van der Waals surface area contributed by atoms with Crippen LogP contribution < -0.4 is 4.72 Å². The maximum absolute atomic E-state index is 11.7. The summed E-state index contributed by atoms with van der Waals surface area (Å²) in [5.74, 6) is 0. The van der Waals surface area contributed by atoms with Crippen molar-refractivity contribution in [1.29, 1.82) is 0 Å². The van der Waals surface area contributed by atoms with Gasteiger partial charge in [0.05, 0.1) is 6.26 Å². The third-order valence-electron chi connectivity index (χ3n) is 3.51.